The Bertz CT molecular complexity index is 777. The lowest BCUT2D eigenvalue weighted by Gasteiger charge is -2.04. The third-order valence-electron chi connectivity index (χ3n) is 2.88. The summed E-state index contributed by atoms with van der Waals surface area (Å²) in [6.07, 6.45) is -1.65. The van der Waals surface area contributed by atoms with E-state index in [4.69, 9.17) is 0 Å². The second kappa shape index (κ2) is 4.53. The van der Waals surface area contributed by atoms with Crippen LogP contribution in [-0.2, 0) is 6.18 Å². The summed E-state index contributed by atoms with van der Waals surface area (Å²) in [6, 6.07) is 10.9. The molecule has 0 radical (unpaired) electrons. The molecule has 0 aliphatic carbocycles. The van der Waals surface area contributed by atoms with E-state index in [1.54, 1.807) is 4.57 Å². The molecule has 3 rings (SSSR count). The Morgan fingerprint density at radius 2 is 1.90 bits per heavy atom. The van der Waals surface area contributed by atoms with Crippen LogP contribution in [0.2, 0.25) is 0 Å². The Kier molecular flexibility index (Phi) is 2.94. The molecule has 100 valence electrons. The van der Waals surface area contributed by atoms with Gasteiger partial charge in [0.1, 0.15) is 5.69 Å². The lowest BCUT2D eigenvalue weighted by molar-refractivity contribution is -0.258. The van der Waals surface area contributed by atoms with E-state index in [9.17, 15) is 13.2 Å². The molecule has 0 saturated carbocycles. The average Bonchev–Trinajstić information content (AvgIpc) is 2.80. The summed E-state index contributed by atoms with van der Waals surface area (Å²) >= 11 is 3.35. The van der Waals surface area contributed by atoms with Crippen molar-refractivity contribution in [1.82, 2.24) is 4.57 Å². The highest BCUT2D eigenvalue weighted by Gasteiger charge is 2.32. The van der Waals surface area contributed by atoms with E-state index in [0.717, 1.165) is 22.3 Å². The van der Waals surface area contributed by atoms with Crippen LogP contribution in [0.25, 0.3) is 16.7 Å². The molecule has 1 aromatic heterocycles. The Morgan fingerprint density at radius 1 is 1.10 bits per heavy atom. The summed E-state index contributed by atoms with van der Waals surface area (Å²) in [5, 5.41) is 0. The van der Waals surface area contributed by atoms with E-state index in [0.29, 0.717) is 5.52 Å². The van der Waals surface area contributed by atoms with Crippen molar-refractivity contribution in [3.05, 3.63) is 58.8 Å². The molecular formula is C14H7BrF3N2+. The summed E-state index contributed by atoms with van der Waals surface area (Å²) in [5.74, 6) is 0. The van der Waals surface area contributed by atoms with Gasteiger partial charge < -0.3 is 0 Å². The highest BCUT2D eigenvalue weighted by atomic mass is 79.9. The summed E-state index contributed by atoms with van der Waals surface area (Å²) in [5.41, 5.74) is 0.912. The Balaban J connectivity index is 2.15. The number of aromatic nitrogens is 2. The molecule has 0 spiro atoms. The van der Waals surface area contributed by atoms with Crippen LogP contribution in [0.5, 0.6) is 0 Å². The average molecular weight is 340 g/mol. The predicted molar refractivity (Wildman–Crippen MR) is 70.4 cm³/mol. The number of benzene rings is 2. The van der Waals surface area contributed by atoms with Crippen LogP contribution in [0.15, 0.2) is 46.9 Å². The largest absolute Gasteiger partial charge is 0.416 e. The fourth-order valence-electron chi connectivity index (χ4n) is 1.95. The number of hydrogen-bond acceptors (Lipinski definition) is 0. The zero-order chi connectivity index (χ0) is 14.3. The van der Waals surface area contributed by atoms with Crippen molar-refractivity contribution in [2.75, 3.05) is 0 Å². The number of fused-ring (bicyclic) bond motifs is 1. The van der Waals surface area contributed by atoms with Gasteiger partial charge in [-0.15, -0.1) is 4.57 Å². The summed E-state index contributed by atoms with van der Waals surface area (Å²) in [6.45, 7) is 0. The van der Waals surface area contributed by atoms with E-state index in [2.05, 4.69) is 27.2 Å². The van der Waals surface area contributed by atoms with Gasteiger partial charge in [-0.1, -0.05) is 22.0 Å². The van der Waals surface area contributed by atoms with Crippen molar-refractivity contribution in [2.45, 2.75) is 6.18 Å². The van der Waals surface area contributed by atoms with Gasteiger partial charge in [0.05, 0.1) is 5.56 Å². The SMILES string of the molecule is FC(F)(F)c1ccc2c(c1)[n+]#cn2-c1cccc(Br)c1. The summed E-state index contributed by atoms with van der Waals surface area (Å²) in [7, 11) is 0. The van der Waals surface area contributed by atoms with Crippen LogP contribution in [0, 0.1) is 6.33 Å². The molecule has 20 heavy (non-hydrogen) atoms. The first kappa shape index (κ1) is 13.0. The van der Waals surface area contributed by atoms with Crippen molar-refractivity contribution in [2.24, 2.45) is 0 Å². The smallest absolute Gasteiger partial charge is 0.166 e. The Labute approximate surface area is 121 Å². The highest BCUT2D eigenvalue weighted by Crippen LogP contribution is 2.30. The second-order valence-electron chi connectivity index (χ2n) is 4.23. The van der Waals surface area contributed by atoms with Crippen LogP contribution in [-0.4, -0.2) is 4.57 Å². The number of alkyl halides is 3. The standard InChI is InChI=1S/C14H7BrF3N2/c15-10-2-1-3-11(7-10)20-8-19-12-6-9(14(16,17)18)4-5-13(12)20/h1-7H/q+1. The van der Waals surface area contributed by atoms with Crippen molar-refractivity contribution in [3.8, 4) is 5.69 Å². The van der Waals surface area contributed by atoms with Crippen LogP contribution < -0.4 is 4.98 Å². The molecule has 0 atom stereocenters. The number of rotatable bonds is 1. The molecule has 0 aliphatic heterocycles. The molecule has 0 saturated heterocycles. The molecule has 2 nitrogen and oxygen atoms in total. The molecule has 1 heterocycles. The van der Waals surface area contributed by atoms with Gasteiger partial charge >= 0.3 is 12.5 Å². The van der Waals surface area contributed by atoms with E-state index in [-0.39, 0.29) is 5.52 Å². The van der Waals surface area contributed by atoms with Gasteiger partial charge in [-0.3, -0.25) is 0 Å². The van der Waals surface area contributed by atoms with Gasteiger partial charge in [-0.2, -0.15) is 18.2 Å². The number of hydrogen-bond donors (Lipinski definition) is 0. The monoisotopic (exact) mass is 339 g/mol. The van der Waals surface area contributed by atoms with Crippen molar-refractivity contribution in [3.63, 3.8) is 0 Å². The van der Waals surface area contributed by atoms with Gasteiger partial charge in [0.2, 0.25) is 5.52 Å². The molecule has 0 N–H and O–H groups in total. The maximum atomic E-state index is 12.6. The molecule has 0 bridgehead atoms. The second-order valence-corrected chi connectivity index (χ2v) is 5.14. The first-order chi connectivity index (χ1) is 9.45. The van der Waals surface area contributed by atoms with Gasteiger partial charge in [-0.05, 0) is 24.3 Å². The molecule has 6 heteroatoms. The predicted octanol–water partition coefficient (Wildman–Crippen LogP) is 3.81. The minimum Gasteiger partial charge on any atom is -0.166 e. The van der Waals surface area contributed by atoms with Crippen molar-refractivity contribution >= 4 is 27.0 Å². The Hall–Kier alpha value is -2.00. The van der Waals surface area contributed by atoms with Gasteiger partial charge in [-0.25, -0.2) is 0 Å². The molecule has 2 aromatic carbocycles. The minimum absolute atomic E-state index is 0.264. The summed E-state index contributed by atoms with van der Waals surface area (Å²) in [4.78, 5) is 3.92. The van der Waals surface area contributed by atoms with Gasteiger partial charge in [0.25, 0.3) is 5.52 Å². The lowest BCUT2D eigenvalue weighted by Crippen LogP contribution is -2.05. The van der Waals surface area contributed by atoms with E-state index < -0.39 is 11.7 Å². The zero-order valence-corrected chi connectivity index (χ0v) is 11.5. The third-order valence-corrected chi connectivity index (χ3v) is 3.37. The molecule has 0 amide bonds. The quantitative estimate of drug-likeness (QED) is 0.659. The fraction of sp³-hybridized carbons (Fsp3) is 0.0714. The highest BCUT2D eigenvalue weighted by molar-refractivity contribution is 9.10. The van der Waals surface area contributed by atoms with E-state index in [1.165, 1.54) is 6.07 Å². The van der Waals surface area contributed by atoms with Crippen LogP contribution in [0.4, 0.5) is 13.2 Å². The first-order valence-corrected chi connectivity index (χ1v) is 6.48. The maximum Gasteiger partial charge on any atom is 0.416 e. The van der Waals surface area contributed by atoms with Crippen LogP contribution >= 0.6 is 15.9 Å². The number of nitrogens with zero attached hydrogens (tertiary/aromatic N) is 2. The van der Waals surface area contributed by atoms with Crippen LogP contribution in [0.3, 0.4) is 0 Å². The van der Waals surface area contributed by atoms with E-state index in [1.807, 2.05) is 24.3 Å². The normalized spacial score (nSPS) is 11.6. The lowest BCUT2D eigenvalue weighted by atomic mass is 10.2. The third kappa shape index (κ3) is 2.25. The fourth-order valence-corrected chi connectivity index (χ4v) is 2.34. The molecule has 0 unspecified atom stereocenters. The van der Waals surface area contributed by atoms with Crippen molar-refractivity contribution in [1.29, 1.82) is 0 Å². The molecular weight excluding hydrogens is 333 g/mol. The van der Waals surface area contributed by atoms with Gasteiger partial charge in [0, 0.05) is 16.6 Å². The number of halogens is 4. The molecule has 0 fully saturated rings. The topological polar surface area (TPSA) is 19.0 Å². The van der Waals surface area contributed by atoms with Gasteiger partial charge in [0.15, 0.2) is 0 Å². The zero-order valence-electron chi connectivity index (χ0n) is 9.95. The van der Waals surface area contributed by atoms with Crippen molar-refractivity contribution < 1.29 is 18.2 Å². The summed E-state index contributed by atoms with van der Waals surface area (Å²) < 4.78 is 40.4. The Morgan fingerprint density at radius 3 is 2.60 bits per heavy atom. The molecule has 3 aromatic rings. The molecule has 0 aliphatic rings. The maximum absolute atomic E-state index is 12.6. The van der Waals surface area contributed by atoms with Crippen LogP contribution in [0.1, 0.15) is 5.56 Å². The van der Waals surface area contributed by atoms with E-state index >= 15 is 0 Å². The first-order valence-electron chi connectivity index (χ1n) is 5.68. The minimum atomic E-state index is -4.37.